The summed E-state index contributed by atoms with van der Waals surface area (Å²) in [7, 11) is 0. The Morgan fingerprint density at radius 3 is 2.58 bits per heavy atom. The highest BCUT2D eigenvalue weighted by molar-refractivity contribution is 5.80. The lowest BCUT2D eigenvalue weighted by Crippen LogP contribution is -2.52. The second-order valence-electron chi connectivity index (χ2n) is 5.33. The number of nitrogens with zero attached hydrogens (tertiary/aromatic N) is 1. The highest BCUT2D eigenvalue weighted by Gasteiger charge is 2.31. The third-order valence-electron chi connectivity index (χ3n) is 3.92. The van der Waals surface area contributed by atoms with Gasteiger partial charge in [0, 0.05) is 19.6 Å². The van der Waals surface area contributed by atoms with Gasteiger partial charge >= 0.3 is 0 Å². The van der Waals surface area contributed by atoms with E-state index in [-0.39, 0.29) is 12.0 Å². The molecule has 0 saturated carbocycles. The van der Waals surface area contributed by atoms with E-state index >= 15 is 0 Å². The van der Waals surface area contributed by atoms with Crippen molar-refractivity contribution in [1.29, 1.82) is 0 Å². The van der Waals surface area contributed by atoms with Crippen LogP contribution in [-0.2, 0) is 4.79 Å². The van der Waals surface area contributed by atoms with Gasteiger partial charge in [-0.2, -0.15) is 0 Å². The van der Waals surface area contributed by atoms with Crippen molar-refractivity contribution in [3.63, 3.8) is 0 Å². The van der Waals surface area contributed by atoms with Crippen molar-refractivity contribution in [2.24, 2.45) is 5.92 Å². The molecule has 0 bridgehead atoms. The maximum absolute atomic E-state index is 12.5. The van der Waals surface area contributed by atoms with Crippen molar-refractivity contribution in [2.45, 2.75) is 32.7 Å². The fraction of sp³-hybridized carbons (Fsp3) is 0.562. The van der Waals surface area contributed by atoms with E-state index in [2.05, 4.69) is 36.2 Å². The number of hydrogen-bond donors (Lipinski definition) is 1. The smallest absolute Gasteiger partial charge is 0.228 e. The zero-order valence-electron chi connectivity index (χ0n) is 11.9. The van der Waals surface area contributed by atoms with Crippen molar-refractivity contribution in [3.8, 4) is 0 Å². The zero-order chi connectivity index (χ0) is 13.7. The van der Waals surface area contributed by atoms with Crippen molar-refractivity contribution in [3.05, 3.63) is 35.9 Å². The van der Waals surface area contributed by atoms with Crippen LogP contribution in [0.25, 0.3) is 0 Å². The molecule has 3 nitrogen and oxygen atoms in total. The van der Waals surface area contributed by atoms with Crippen LogP contribution in [0.1, 0.15) is 38.3 Å². The number of amides is 1. The van der Waals surface area contributed by atoms with Crippen LogP contribution in [0.3, 0.4) is 0 Å². The summed E-state index contributed by atoms with van der Waals surface area (Å²) < 4.78 is 0. The molecule has 1 fully saturated rings. The van der Waals surface area contributed by atoms with Gasteiger partial charge < -0.3 is 10.2 Å². The summed E-state index contributed by atoms with van der Waals surface area (Å²) in [6, 6.07) is 10.5. The molecule has 1 saturated heterocycles. The van der Waals surface area contributed by atoms with Crippen LogP contribution in [0.2, 0.25) is 0 Å². The predicted molar refractivity (Wildman–Crippen MR) is 77.8 cm³/mol. The highest BCUT2D eigenvalue weighted by Crippen LogP contribution is 2.23. The summed E-state index contributed by atoms with van der Waals surface area (Å²) >= 11 is 0. The Kier molecular flexibility index (Phi) is 4.97. The summed E-state index contributed by atoms with van der Waals surface area (Å²) in [5, 5.41) is 3.18. The van der Waals surface area contributed by atoms with Crippen molar-refractivity contribution < 1.29 is 4.79 Å². The Morgan fingerprint density at radius 1 is 1.37 bits per heavy atom. The number of carbonyl (C=O) groups excluding carboxylic acids is 1. The SMILES string of the molecule is CCCCN(C(=O)C1CNC1)C(C)c1ccccc1. The minimum absolute atomic E-state index is 0.167. The number of nitrogens with one attached hydrogen (secondary N) is 1. The van der Waals surface area contributed by atoms with Crippen LogP contribution < -0.4 is 5.32 Å². The second-order valence-corrected chi connectivity index (χ2v) is 5.33. The van der Waals surface area contributed by atoms with E-state index in [9.17, 15) is 4.79 Å². The van der Waals surface area contributed by atoms with Gasteiger partial charge in [-0.1, -0.05) is 43.7 Å². The normalized spacial score (nSPS) is 16.7. The number of unbranched alkanes of at least 4 members (excludes halogenated alkanes) is 1. The molecular formula is C16H24N2O. The van der Waals surface area contributed by atoms with Crippen molar-refractivity contribution in [1.82, 2.24) is 10.2 Å². The third kappa shape index (κ3) is 3.35. The summed E-state index contributed by atoms with van der Waals surface area (Å²) in [5.74, 6) is 0.492. The molecule has 1 amide bonds. The molecule has 2 rings (SSSR count). The van der Waals surface area contributed by atoms with E-state index in [4.69, 9.17) is 0 Å². The predicted octanol–water partition coefficient (Wildman–Crippen LogP) is 2.60. The summed E-state index contributed by atoms with van der Waals surface area (Å²) in [4.78, 5) is 14.6. The Morgan fingerprint density at radius 2 is 2.05 bits per heavy atom. The second kappa shape index (κ2) is 6.71. The van der Waals surface area contributed by atoms with Gasteiger partial charge in [0.2, 0.25) is 5.91 Å². The molecule has 1 aliphatic heterocycles. The molecule has 1 aromatic rings. The van der Waals surface area contributed by atoms with Crippen LogP contribution >= 0.6 is 0 Å². The van der Waals surface area contributed by atoms with E-state index in [0.29, 0.717) is 5.91 Å². The fourth-order valence-corrected chi connectivity index (χ4v) is 2.43. The number of benzene rings is 1. The minimum atomic E-state index is 0.167. The molecule has 1 N–H and O–H groups in total. The molecule has 0 radical (unpaired) electrons. The molecule has 0 spiro atoms. The van der Waals surface area contributed by atoms with Crippen LogP contribution in [0.15, 0.2) is 30.3 Å². The average molecular weight is 260 g/mol. The Balaban J connectivity index is 2.09. The van der Waals surface area contributed by atoms with Crippen molar-refractivity contribution in [2.75, 3.05) is 19.6 Å². The van der Waals surface area contributed by atoms with Crippen molar-refractivity contribution >= 4 is 5.91 Å². The average Bonchev–Trinajstić information content (AvgIpc) is 2.38. The molecule has 3 heteroatoms. The van der Waals surface area contributed by atoms with Gasteiger partial charge in [0.25, 0.3) is 0 Å². The van der Waals surface area contributed by atoms with E-state index in [1.54, 1.807) is 0 Å². The van der Waals surface area contributed by atoms with Gasteiger partial charge in [0.05, 0.1) is 12.0 Å². The fourth-order valence-electron chi connectivity index (χ4n) is 2.43. The first-order valence-corrected chi connectivity index (χ1v) is 7.30. The minimum Gasteiger partial charge on any atom is -0.336 e. The van der Waals surface area contributed by atoms with E-state index < -0.39 is 0 Å². The lowest BCUT2D eigenvalue weighted by atomic mass is 9.98. The lowest BCUT2D eigenvalue weighted by Gasteiger charge is -2.36. The molecule has 1 aromatic carbocycles. The number of hydrogen-bond acceptors (Lipinski definition) is 2. The standard InChI is InChI=1S/C16H24N2O/c1-3-4-10-18(16(19)15-11-17-12-15)13(2)14-8-6-5-7-9-14/h5-9,13,15,17H,3-4,10-12H2,1-2H3. The first-order chi connectivity index (χ1) is 9.24. The van der Waals surface area contributed by atoms with Gasteiger partial charge in [-0.05, 0) is 18.9 Å². The molecular weight excluding hydrogens is 236 g/mol. The van der Waals surface area contributed by atoms with Crippen LogP contribution in [0, 0.1) is 5.92 Å². The molecule has 19 heavy (non-hydrogen) atoms. The van der Waals surface area contributed by atoms with Crippen LogP contribution in [-0.4, -0.2) is 30.4 Å². The van der Waals surface area contributed by atoms with E-state index in [1.165, 1.54) is 5.56 Å². The summed E-state index contributed by atoms with van der Waals surface area (Å²) in [5.41, 5.74) is 1.22. The molecule has 1 heterocycles. The molecule has 104 valence electrons. The van der Waals surface area contributed by atoms with Gasteiger partial charge in [0.15, 0.2) is 0 Å². The monoisotopic (exact) mass is 260 g/mol. The Hall–Kier alpha value is -1.35. The van der Waals surface area contributed by atoms with E-state index in [0.717, 1.165) is 32.5 Å². The molecule has 1 aliphatic rings. The van der Waals surface area contributed by atoms with E-state index in [1.807, 2.05) is 18.2 Å². The van der Waals surface area contributed by atoms with Gasteiger partial charge in [-0.25, -0.2) is 0 Å². The molecule has 0 aliphatic carbocycles. The maximum Gasteiger partial charge on any atom is 0.228 e. The molecule has 0 aromatic heterocycles. The quantitative estimate of drug-likeness (QED) is 0.852. The summed E-state index contributed by atoms with van der Waals surface area (Å²) in [6.07, 6.45) is 2.19. The Labute approximate surface area is 116 Å². The maximum atomic E-state index is 12.5. The lowest BCUT2D eigenvalue weighted by molar-refractivity contribution is -0.139. The first kappa shape index (κ1) is 14.1. The van der Waals surface area contributed by atoms with Crippen LogP contribution in [0.4, 0.5) is 0 Å². The highest BCUT2D eigenvalue weighted by atomic mass is 16.2. The Bertz CT molecular complexity index is 400. The number of carbonyl (C=O) groups is 1. The largest absolute Gasteiger partial charge is 0.336 e. The topological polar surface area (TPSA) is 32.3 Å². The van der Waals surface area contributed by atoms with Gasteiger partial charge in [-0.15, -0.1) is 0 Å². The zero-order valence-corrected chi connectivity index (χ0v) is 11.9. The van der Waals surface area contributed by atoms with Gasteiger partial charge in [0.1, 0.15) is 0 Å². The third-order valence-corrected chi connectivity index (χ3v) is 3.92. The molecule has 1 unspecified atom stereocenters. The van der Waals surface area contributed by atoms with Gasteiger partial charge in [-0.3, -0.25) is 4.79 Å². The summed E-state index contributed by atoms with van der Waals surface area (Å²) in [6.45, 7) is 6.84. The van der Waals surface area contributed by atoms with Crippen LogP contribution in [0.5, 0.6) is 0 Å². The first-order valence-electron chi connectivity index (χ1n) is 7.30. The number of rotatable bonds is 6. The molecule has 1 atom stereocenters.